The van der Waals surface area contributed by atoms with E-state index in [-0.39, 0.29) is 23.3 Å². The zero-order valence-corrected chi connectivity index (χ0v) is 21.6. The lowest BCUT2D eigenvalue weighted by atomic mass is 9.96. The van der Waals surface area contributed by atoms with Crippen molar-refractivity contribution in [2.24, 2.45) is 0 Å². The molecule has 0 aliphatic heterocycles. The van der Waals surface area contributed by atoms with Gasteiger partial charge in [-0.2, -0.15) is 0 Å². The Morgan fingerprint density at radius 2 is 0.811 bits per heavy atom. The summed E-state index contributed by atoms with van der Waals surface area (Å²) in [7, 11) is 0. The van der Waals surface area contributed by atoms with E-state index in [1.54, 1.807) is 6.92 Å². The predicted molar refractivity (Wildman–Crippen MR) is 144 cm³/mol. The summed E-state index contributed by atoms with van der Waals surface area (Å²) < 4.78 is 0. The molecule has 8 N–H and O–H groups in total. The van der Waals surface area contributed by atoms with Crippen molar-refractivity contribution in [1.82, 2.24) is 0 Å². The summed E-state index contributed by atoms with van der Waals surface area (Å²) in [5, 5.41) is 33.4. The van der Waals surface area contributed by atoms with Gasteiger partial charge in [-0.15, -0.1) is 0 Å². The SMILES string of the molecule is CCO.Cc1cc(Cc2cc(C)c(N)c(C)c2)cc(C)c1N.O=C(O)c1cc(C(=O)O)cc(C(=O)O)c1. The van der Waals surface area contributed by atoms with Crippen molar-refractivity contribution in [3.05, 3.63) is 92.5 Å². The molecule has 198 valence electrons. The maximum atomic E-state index is 10.6. The van der Waals surface area contributed by atoms with Crippen molar-refractivity contribution in [2.45, 2.75) is 41.0 Å². The molecule has 3 aromatic rings. The van der Waals surface area contributed by atoms with Crippen LogP contribution in [0.1, 0.15) is 71.4 Å². The Balaban J connectivity index is 0.000000343. The molecule has 0 unspecified atom stereocenters. The zero-order chi connectivity index (χ0) is 28.4. The molecule has 0 radical (unpaired) electrons. The third-order valence-corrected chi connectivity index (χ3v) is 5.39. The summed E-state index contributed by atoms with van der Waals surface area (Å²) in [6.07, 6.45) is 0.921. The number of hydrogen-bond donors (Lipinski definition) is 6. The minimum atomic E-state index is -1.37. The highest BCUT2D eigenvalue weighted by Crippen LogP contribution is 2.24. The molecule has 0 heterocycles. The van der Waals surface area contributed by atoms with E-state index < -0.39 is 17.9 Å². The molecule has 0 fully saturated rings. The first-order chi connectivity index (χ1) is 17.2. The topological polar surface area (TPSA) is 184 Å². The van der Waals surface area contributed by atoms with E-state index in [4.69, 9.17) is 31.9 Å². The monoisotopic (exact) mass is 510 g/mol. The number of carbonyl (C=O) groups is 3. The first-order valence-corrected chi connectivity index (χ1v) is 11.4. The van der Waals surface area contributed by atoms with Gasteiger partial charge in [0.05, 0.1) is 16.7 Å². The summed E-state index contributed by atoms with van der Waals surface area (Å²) in [4.78, 5) is 31.7. The number of nitrogens with two attached hydrogens (primary N) is 2. The van der Waals surface area contributed by atoms with Crippen LogP contribution in [0.4, 0.5) is 11.4 Å². The maximum absolute atomic E-state index is 10.6. The average Bonchev–Trinajstić information content (AvgIpc) is 2.81. The predicted octanol–water partition coefficient (Wildman–Crippen LogP) is 4.46. The van der Waals surface area contributed by atoms with Gasteiger partial charge in [-0.3, -0.25) is 0 Å². The van der Waals surface area contributed by atoms with Gasteiger partial charge in [-0.1, -0.05) is 24.3 Å². The largest absolute Gasteiger partial charge is 0.478 e. The molecular weight excluding hydrogens is 476 g/mol. The van der Waals surface area contributed by atoms with Crippen molar-refractivity contribution < 1.29 is 34.8 Å². The number of nitrogen functional groups attached to an aromatic ring is 2. The molecule has 3 rings (SSSR count). The number of aryl methyl sites for hydroxylation is 4. The minimum Gasteiger partial charge on any atom is -0.478 e. The van der Waals surface area contributed by atoms with Gasteiger partial charge in [0.2, 0.25) is 0 Å². The molecule has 0 aliphatic rings. The highest BCUT2D eigenvalue weighted by molar-refractivity contribution is 5.98. The highest BCUT2D eigenvalue weighted by Gasteiger charge is 2.14. The number of anilines is 2. The van der Waals surface area contributed by atoms with E-state index in [2.05, 4.69) is 52.0 Å². The molecule has 0 atom stereocenters. The molecule has 0 aromatic heterocycles. The third-order valence-electron chi connectivity index (χ3n) is 5.39. The molecule has 3 aromatic carbocycles. The smallest absolute Gasteiger partial charge is 0.335 e. The van der Waals surface area contributed by atoms with E-state index >= 15 is 0 Å². The van der Waals surface area contributed by atoms with Gasteiger partial charge in [0.25, 0.3) is 0 Å². The maximum Gasteiger partial charge on any atom is 0.335 e. The normalized spacial score (nSPS) is 9.89. The van der Waals surface area contributed by atoms with Crippen LogP contribution in [-0.4, -0.2) is 44.9 Å². The summed E-state index contributed by atoms with van der Waals surface area (Å²) >= 11 is 0. The zero-order valence-electron chi connectivity index (χ0n) is 21.6. The second-order valence-electron chi connectivity index (χ2n) is 8.49. The van der Waals surface area contributed by atoms with Crippen LogP contribution in [0.25, 0.3) is 0 Å². The third kappa shape index (κ3) is 8.97. The van der Waals surface area contributed by atoms with Crippen LogP contribution in [0.15, 0.2) is 42.5 Å². The Labute approximate surface area is 216 Å². The molecule has 9 heteroatoms. The molecule has 0 saturated carbocycles. The van der Waals surface area contributed by atoms with Crippen LogP contribution in [-0.2, 0) is 6.42 Å². The fourth-order valence-corrected chi connectivity index (χ4v) is 3.57. The van der Waals surface area contributed by atoms with Crippen LogP contribution in [0.5, 0.6) is 0 Å². The number of aliphatic hydroxyl groups excluding tert-OH is 1. The Morgan fingerprint density at radius 3 is 1.00 bits per heavy atom. The molecule has 9 nitrogen and oxygen atoms in total. The van der Waals surface area contributed by atoms with Crippen molar-refractivity contribution in [1.29, 1.82) is 0 Å². The number of hydrogen-bond acceptors (Lipinski definition) is 6. The lowest BCUT2D eigenvalue weighted by Gasteiger charge is -2.11. The van der Waals surface area contributed by atoms with Crippen LogP contribution in [0.3, 0.4) is 0 Å². The summed E-state index contributed by atoms with van der Waals surface area (Å²) in [5.74, 6) is -4.12. The van der Waals surface area contributed by atoms with Gasteiger partial charge in [-0.25, -0.2) is 14.4 Å². The molecule has 0 aliphatic carbocycles. The van der Waals surface area contributed by atoms with Crippen molar-refractivity contribution >= 4 is 29.3 Å². The lowest BCUT2D eigenvalue weighted by Crippen LogP contribution is -2.07. The molecule has 0 spiro atoms. The van der Waals surface area contributed by atoms with Crippen molar-refractivity contribution in [3.63, 3.8) is 0 Å². The van der Waals surface area contributed by atoms with E-state index in [1.165, 1.54) is 11.1 Å². The van der Waals surface area contributed by atoms with E-state index in [0.717, 1.165) is 58.2 Å². The molecule has 37 heavy (non-hydrogen) atoms. The Morgan fingerprint density at radius 1 is 0.595 bits per heavy atom. The van der Waals surface area contributed by atoms with Gasteiger partial charge in [-0.05, 0) is 92.6 Å². The van der Waals surface area contributed by atoms with E-state index in [1.807, 2.05) is 0 Å². The molecular formula is C28H34N2O7. The first kappa shape index (κ1) is 30.7. The number of aromatic carboxylic acids is 3. The summed E-state index contributed by atoms with van der Waals surface area (Å²) in [6.45, 7) is 10.2. The van der Waals surface area contributed by atoms with Crippen LogP contribution in [0.2, 0.25) is 0 Å². The second kappa shape index (κ2) is 13.6. The molecule has 0 bridgehead atoms. The number of aliphatic hydroxyl groups is 1. The summed E-state index contributed by atoms with van der Waals surface area (Å²) in [5.41, 5.74) is 19.9. The first-order valence-electron chi connectivity index (χ1n) is 11.4. The number of rotatable bonds is 5. The van der Waals surface area contributed by atoms with Crippen LogP contribution < -0.4 is 11.5 Å². The Hall–Kier alpha value is -4.37. The average molecular weight is 511 g/mol. The fourth-order valence-electron chi connectivity index (χ4n) is 3.57. The number of benzene rings is 3. The minimum absolute atomic E-state index is 0.250. The standard InChI is InChI=1S/C17H22N2.C9H6O6.C2H6O/c1-10-5-14(6-11(2)16(10)18)9-15-7-12(3)17(19)13(4)8-15;10-7(11)4-1-5(8(12)13)3-6(2-4)9(14)15;1-2-3/h5-8H,9,18-19H2,1-4H3;1-3H,(H,10,11)(H,12,13)(H,14,15);3H,2H2,1H3. The van der Waals surface area contributed by atoms with Gasteiger partial charge < -0.3 is 31.9 Å². The highest BCUT2D eigenvalue weighted by atomic mass is 16.4. The fraction of sp³-hybridized carbons (Fsp3) is 0.250. The van der Waals surface area contributed by atoms with Crippen molar-refractivity contribution in [3.8, 4) is 0 Å². The van der Waals surface area contributed by atoms with Gasteiger partial charge >= 0.3 is 17.9 Å². The van der Waals surface area contributed by atoms with Gasteiger partial charge in [0.1, 0.15) is 0 Å². The Kier molecular flexibility index (Phi) is 11.3. The number of carboxylic acids is 3. The van der Waals surface area contributed by atoms with E-state index in [9.17, 15) is 14.4 Å². The van der Waals surface area contributed by atoms with Gasteiger partial charge in [0, 0.05) is 18.0 Å². The van der Waals surface area contributed by atoms with Crippen molar-refractivity contribution in [2.75, 3.05) is 18.1 Å². The Bertz CT molecular complexity index is 1120. The number of carboxylic acid groups (broad SMARTS) is 3. The summed E-state index contributed by atoms with van der Waals surface area (Å²) in [6, 6.07) is 11.4. The molecule has 0 saturated heterocycles. The van der Waals surface area contributed by atoms with Gasteiger partial charge in [0.15, 0.2) is 0 Å². The lowest BCUT2D eigenvalue weighted by molar-refractivity contribution is 0.0696. The molecule has 0 amide bonds. The second-order valence-corrected chi connectivity index (χ2v) is 8.49. The van der Waals surface area contributed by atoms with Crippen LogP contribution >= 0.6 is 0 Å². The van der Waals surface area contributed by atoms with E-state index in [0.29, 0.717) is 0 Å². The quantitative estimate of drug-likeness (QED) is 0.270. The van der Waals surface area contributed by atoms with Crippen LogP contribution in [0, 0.1) is 27.7 Å².